The van der Waals surface area contributed by atoms with E-state index in [0.717, 1.165) is 11.6 Å². The SMILES string of the molecule is CCC(Sc1ncc[nH]1)C(=O)OC(C)C. The molecule has 5 heteroatoms. The third-order valence-electron chi connectivity index (χ3n) is 1.71. The highest BCUT2D eigenvalue weighted by Gasteiger charge is 2.21. The van der Waals surface area contributed by atoms with Crippen molar-refractivity contribution in [1.29, 1.82) is 0 Å². The Labute approximate surface area is 93.8 Å². The summed E-state index contributed by atoms with van der Waals surface area (Å²) in [5, 5.41) is 0.570. The zero-order chi connectivity index (χ0) is 11.3. The smallest absolute Gasteiger partial charge is 0.319 e. The normalized spacial score (nSPS) is 12.8. The minimum absolute atomic E-state index is 0.0660. The Hall–Kier alpha value is -0.970. The van der Waals surface area contributed by atoms with Crippen molar-refractivity contribution in [2.24, 2.45) is 0 Å². The van der Waals surface area contributed by atoms with Gasteiger partial charge in [-0.1, -0.05) is 18.7 Å². The molecule has 0 aliphatic heterocycles. The molecule has 0 saturated heterocycles. The molecule has 0 aromatic carbocycles. The second-order valence-electron chi connectivity index (χ2n) is 3.39. The Morgan fingerprint density at radius 1 is 1.67 bits per heavy atom. The van der Waals surface area contributed by atoms with E-state index in [0.29, 0.717) is 0 Å². The maximum Gasteiger partial charge on any atom is 0.319 e. The fraction of sp³-hybridized carbons (Fsp3) is 0.600. The number of aromatic nitrogens is 2. The van der Waals surface area contributed by atoms with Crippen molar-refractivity contribution in [3.05, 3.63) is 12.4 Å². The van der Waals surface area contributed by atoms with Gasteiger partial charge < -0.3 is 9.72 Å². The van der Waals surface area contributed by atoms with E-state index in [9.17, 15) is 4.79 Å². The van der Waals surface area contributed by atoms with E-state index < -0.39 is 0 Å². The lowest BCUT2D eigenvalue weighted by atomic mass is 10.3. The number of aromatic amines is 1. The van der Waals surface area contributed by atoms with Crippen molar-refractivity contribution in [2.75, 3.05) is 0 Å². The van der Waals surface area contributed by atoms with Gasteiger partial charge in [-0.25, -0.2) is 4.98 Å². The Morgan fingerprint density at radius 3 is 2.87 bits per heavy atom. The average molecular weight is 228 g/mol. The fourth-order valence-corrected chi connectivity index (χ4v) is 1.90. The van der Waals surface area contributed by atoms with Crippen molar-refractivity contribution in [3.63, 3.8) is 0 Å². The summed E-state index contributed by atoms with van der Waals surface area (Å²) in [4.78, 5) is 18.6. The van der Waals surface area contributed by atoms with E-state index in [1.165, 1.54) is 11.8 Å². The fourth-order valence-electron chi connectivity index (χ4n) is 1.06. The Morgan fingerprint density at radius 2 is 2.40 bits per heavy atom. The van der Waals surface area contributed by atoms with Gasteiger partial charge in [-0.05, 0) is 20.3 Å². The van der Waals surface area contributed by atoms with Gasteiger partial charge in [0.2, 0.25) is 0 Å². The number of thioether (sulfide) groups is 1. The van der Waals surface area contributed by atoms with Crippen molar-refractivity contribution >= 4 is 17.7 Å². The lowest BCUT2D eigenvalue weighted by Gasteiger charge is -2.14. The van der Waals surface area contributed by atoms with Gasteiger partial charge in [-0.3, -0.25) is 4.79 Å². The molecule has 15 heavy (non-hydrogen) atoms. The molecule has 0 amide bonds. The van der Waals surface area contributed by atoms with Crippen LogP contribution in [0.5, 0.6) is 0 Å². The molecule has 0 spiro atoms. The number of H-pyrrole nitrogens is 1. The number of carbonyl (C=O) groups is 1. The maximum absolute atomic E-state index is 11.6. The molecular formula is C10H16N2O2S. The van der Waals surface area contributed by atoms with E-state index in [1.807, 2.05) is 20.8 Å². The number of imidazole rings is 1. The summed E-state index contributed by atoms with van der Waals surface area (Å²) in [6.07, 6.45) is 4.08. The molecule has 0 aliphatic carbocycles. The highest BCUT2D eigenvalue weighted by molar-refractivity contribution is 8.00. The summed E-state index contributed by atoms with van der Waals surface area (Å²) in [6.45, 7) is 5.66. The first kappa shape index (κ1) is 12.1. The number of rotatable bonds is 5. The minimum Gasteiger partial charge on any atom is -0.462 e. The van der Waals surface area contributed by atoms with Gasteiger partial charge in [0.1, 0.15) is 5.25 Å². The zero-order valence-corrected chi connectivity index (χ0v) is 10.0. The highest BCUT2D eigenvalue weighted by Crippen LogP contribution is 2.23. The molecular weight excluding hydrogens is 212 g/mol. The van der Waals surface area contributed by atoms with Crippen LogP contribution in [-0.2, 0) is 9.53 Å². The monoisotopic (exact) mass is 228 g/mol. The molecule has 4 nitrogen and oxygen atoms in total. The predicted octanol–water partition coefficient (Wildman–Crippen LogP) is 2.23. The van der Waals surface area contributed by atoms with Crippen LogP contribution in [0.25, 0.3) is 0 Å². The van der Waals surface area contributed by atoms with E-state index in [1.54, 1.807) is 12.4 Å². The quantitative estimate of drug-likeness (QED) is 0.620. The first-order valence-electron chi connectivity index (χ1n) is 5.00. The number of nitrogens with one attached hydrogen (secondary N) is 1. The summed E-state index contributed by atoms with van der Waals surface area (Å²) in [7, 11) is 0. The number of nitrogens with zero attached hydrogens (tertiary/aromatic N) is 1. The first-order chi connectivity index (χ1) is 7.13. The first-order valence-corrected chi connectivity index (χ1v) is 5.88. The standard InChI is InChI=1S/C10H16N2O2S/c1-4-8(9(13)14-7(2)3)15-10-11-5-6-12-10/h5-8H,4H2,1-3H3,(H,11,12). The predicted molar refractivity (Wildman–Crippen MR) is 59.8 cm³/mol. The molecule has 0 bridgehead atoms. The zero-order valence-electron chi connectivity index (χ0n) is 9.19. The third-order valence-corrected chi connectivity index (χ3v) is 2.97. The summed E-state index contributed by atoms with van der Waals surface area (Å²) < 4.78 is 5.15. The van der Waals surface area contributed by atoms with Crippen LogP contribution >= 0.6 is 11.8 Å². The van der Waals surface area contributed by atoms with Gasteiger partial charge >= 0.3 is 5.97 Å². The Kier molecular flexibility index (Phi) is 4.68. The van der Waals surface area contributed by atoms with Crippen molar-refractivity contribution < 1.29 is 9.53 Å². The van der Waals surface area contributed by atoms with Crippen LogP contribution in [0.1, 0.15) is 27.2 Å². The van der Waals surface area contributed by atoms with Gasteiger partial charge in [0.25, 0.3) is 0 Å². The van der Waals surface area contributed by atoms with Crippen LogP contribution in [0.4, 0.5) is 0 Å². The molecule has 0 aliphatic rings. The van der Waals surface area contributed by atoms with Gasteiger partial charge in [0, 0.05) is 12.4 Å². The van der Waals surface area contributed by atoms with E-state index in [-0.39, 0.29) is 17.3 Å². The minimum atomic E-state index is -0.182. The molecule has 0 saturated carbocycles. The van der Waals surface area contributed by atoms with Crippen LogP contribution in [0.3, 0.4) is 0 Å². The molecule has 0 fully saturated rings. The number of hydrogen-bond acceptors (Lipinski definition) is 4. The molecule has 1 unspecified atom stereocenters. The van der Waals surface area contributed by atoms with E-state index in [2.05, 4.69) is 9.97 Å². The maximum atomic E-state index is 11.6. The topological polar surface area (TPSA) is 55.0 Å². The molecule has 84 valence electrons. The Bertz CT molecular complexity index is 298. The van der Waals surface area contributed by atoms with Crippen LogP contribution < -0.4 is 0 Å². The number of carbonyl (C=O) groups excluding carboxylic acids is 1. The van der Waals surface area contributed by atoms with Gasteiger partial charge in [0.05, 0.1) is 6.10 Å². The largest absolute Gasteiger partial charge is 0.462 e. The summed E-state index contributed by atoms with van der Waals surface area (Å²) >= 11 is 1.40. The number of hydrogen-bond donors (Lipinski definition) is 1. The summed E-state index contributed by atoms with van der Waals surface area (Å²) in [5.41, 5.74) is 0. The molecule has 1 atom stereocenters. The van der Waals surface area contributed by atoms with Gasteiger partial charge in [0.15, 0.2) is 5.16 Å². The second-order valence-corrected chi connectivity index (χ2v) is 4.59. The van der Waals surface area contributed by atoms with Crippen LogP contribution in [0.2, 0.25) is 0 Å². The van der Waals surface area contributed by atoms with Crippen LogP contribution in [-0.4, -0.2) is 27.3 Å². The lowest BCUT2D eigenvalue weighted by Crippen LogP contribution is -2.22. The highest BCUT2D eigenvalue weighted by atomic mass is 32.2. The van der Waals surface area contributed by atoms with Crippen LogP contribution in [0, 0.1) is 0 Å². The van der Waals surface area contributed by atoms with E-state index >= 15 is 0 Å². The molecule has 1 N–H and O–H groups in total. The third kappa shape index (κ3) is 3.95. The molecule has 1 aromatic rings. The molecule has 1 rings (SSSR count). The molecule has 1 aromatic heterocycles. The van der Waals surface area contributed by atoms with Crippen molar-refractivity contribution in [2.45, 2.75) is 43.7 Å². The second kappa shape index (κ2) is 5.80. The lowest BCUT2D eigenvalue weighted by molar-refractivity contribution is -0.146. The van der Waals surface area contributed by atoms with E-state index in [4.69, 9.17) is 4.74 Å². The van der Waals surface area contributed by atoms with Crippen molar-refractivity contribution in [3.8, 4) is 0 Å². The molecule has 1 heterocycles. The molecule has 0 radical (unpaired) electrons. The number of ether oxygens (including phenoxy) is 1. The Balaban J connectivity index is 2.52. The number of esters is 1. The average Bonchev–Trinajstić information content (AvgIpc) is 2.65. The summed E-state index contributed by atoms with van der Waals surface area (Å²) in [5.74, 6) is -0.172. The van der Waals surface area contributed by atoms with Crippen LogP contribution in [0.15, 0.2) is 17.6 Å². The van der Waals surface area contributed by atoms with Crippen molar-refractivity contribution in [1.82, 2.24) is 9.97 Å². The van der Waals surface area contributed by atoms with Gasteiger partial charge in [-0.15, -0.1) is 0 Å². The summed E-state index contributed by atoms with van der Waals surface area (Å²) in [6, 6.07) is 0. The van der Waals surface area contributed by atoms with Gasteiger partial charge in [-0.2, -0.15) is 0 Å².